The largest absolute Gasteiger partial charge is 0.493 e. The lowest BCUT2D eigenvalue weighted by molar-refractivity contribution is 0.378. The van der Waals surface area contributed by atoms with Gasteiger partial charge in [0, 0.05) is 31.5 Å². The van der Waals surface area contributed by atoms with E-state index < -0.39 is 0 Å². The molecule has 134 valence electrons. The Kier molecular flexibility index (Phi) is 5.85. The highest BCUT2D eigenvalue weighted by Crippen LogP contribution is 2.38. The van der Waals surface area contributed by atoms with Gasteiger partial charge in [0.25, 0.3) is 0 Å². The minimum absolute atomic E-state index is 0.0503. The van der Waals surface area contributed by atoms with Gasteiger partial charge < -0.3 is 9.47 Å². The van der Waals surface area contributed by atoms with Crippen LogP contribution in [0.5, 0.6) is 17.2 Å². The van der Waals surface area contributed by atoms with E-state index in [1.807, 2.05) is 18.2 Å². The number of ether oxygens (including phenoxy) is 2. The predicted octanol–water partition coefficient (Wildman–Crippen LogP) is 4.51. The summed E-state index contributed by atoms with van der Waals surface area (Å²) < 4.78 is 11.0. The topological polar surface area (TPSA) is 69.0 Å². The van der Waals surface area contributed by atoms with Crippen LogP contribution in [-0.4, -0.2) is 42.6 Å². The maximum atomic E-state index is 6.31. The maximum absolute atomic E-state index is 6.31. The highest BCUT2D eigenvalue weighted by atomic mass is 35.5. The highest BCUT2D eigenvalue weighted by Gasteiger charge is 2.20. The number of hydrogen-bond acceptors (Lipinski definition) is 6. The van der Waals surface area contributed by atoms with Gasteiger partial charge in [0.1, 0.15) is 0 Å². The van der Waals surface area contributed by atoms with E-state index in [1.165, 1.54) is 0 Å². The Hall–Kier alpha value is -2.44. The summed E-state index contributed by atoms with van der Waals surface area (Å²) >= 11 is 12.6. The summed E-state index contributed by atoms with van der Waals surface area (Å²) in [4.78, 5) is 17.0. The second kappa shape index (κ2) is 8.29. The number of para-hydroxylation sites is 2. The first-order valence-electron chi connectivity index (χ1n) is 7.81. The lowest BCUT2D eigenvalue weighted by Crippen LogP contribution is -2.12. The van der Waals surface area contributed by atoms with Gasteiger partial charge in [0.2, 0.25) is 5.75 Å². The molecule has 1 atom stereocenters. The zero-order valence-electron chi connectivity index (χ0n) is 14.2. The van der Waals surface area contributed by atoms with Gasteiger partial charge in [-0.25, -0.2) is 9.97 Å². The summed E-state index contributed by atoms with van der Waals surface area (Å²) in [7, 11) is 3.26. The van der Waals surface area contributed by atoms with Crippen LogP contribution in [0.15, 0.2) is 40.3 Å². The number of hydrogen-bond donors (Lipinski definition) is 0. The molecule has 0 spiro atoms. The third kappa shape index (κ3) is 4.03. The van der Waals surface area contributed by atoms with Crippen molar-refractivity contribution in [2.24, 2.45) is 9.98 Å². The van der Waals surface area contributed by atoms with Crippen molar-refractivity contribution < 1.29 is 9.47 Å². The van der Waals surface area contributed by atoms with Gasteiger partial charge in [0.15, 0.2) is 27.6 Å². The van der Waals surface area contributed by atoms with E-state index in [0.29, 0.717) is 23.7 Å². The summed E-state index contributed by atoms with van der Waals surface area (Å²) in [6.45, 7) is 0. The zero-order chi connectivity index (χ0) is 18.5. The first kappa shape index (κ1) is 18.4. The van der Waals surface area contributed by atoms with Crippen LogP contribution in [0.25, 0.3) is 5.57 Å². The molecule has 6 nitrogen and oxygen atoms in total. The average molecular weight is 391 g/mol. The smallest absolute Gasteiger partial charge is 0.202 e. The quantitative estimate of drug-likeness (QED) is 0.556. The molecule has 2 heterocycles. The van der Waals surface area contributed by atoms with E-state index in [4.69, 9.17) is 32.7 Å². The van der Waals surface area contributed by atoms with Crippen LogP contribution >= 0.6 is 23.2 Å². The number of rotatable bonds is 5. The molecule has 0 N–H and O–H groups in total. The fraction of sp³-hybridized carbons (Fsp3) is 0.222. The van der Waals surface area contributed by atoms with Crippen molar-refractivity contribution in [1.29, 1.82) is 0 Å². The molecule has 0 bridgehead atoms. The summed E-state index contributed by atoms with van der Waals surface area (Å²) in [6, 6.07) is 7.12. The molecule has 26 heavy (non-hydrogen) atoms. The van der Waals surface area contributed by atoms with Gasteiger partial charge in [-0.1, -0.05) is 35.3 Å². The van der Waals surface area contributed by atoms with Gasteiger partial charge in [-0.3, -0.25) is 9.98 Å². The molecule has 0 fully saturated rings. The molecule has 1 aromatic heterocycles. The van der Waals surface area contributed by atoms with Crippen molar-refractivity contribution in [3.63, 3.8) is 0 Å². The molecule has 1 unspecified atom stereocenters. The van der Waals surface area contributed by atoms with E-state index in [1.54, 1.807) is 38.7 Å². The monoisotopic (exact) mass is 390 g/mol. The number of methoxy groups -OCH3 is 1. The van der Waals surface area contributed by atoms with Crippen molar-refractivity contribution in [1.82, 2.24) is 9.97 Å². The molecule has 8 heteroatoms. The summed E-state index contributed by atoms with van der Waals surface area (Å²) in [5.74, 6) is 1.64. The van der Waals surface area contributed by atoms with Gasteiger partial charge in [-0.15, -0.1) is 0 Å². The predicted molar refractivity (Wildman–Crippen MR) is 104 cm³/mol. The molecule has 0 amide bonds. The third-order valence-electron chi connectivity index (χ3n) is 3.65. The Morgan fingerprint density at radius 2 is 1.85 bits per heavy atom. The molecule has 0 aliphatic carbocycles. The van der Waals surface area contributed by atoms with Crippen LogP contribution in [0.4, 0.5) is 0 Å². The van der Waals surface area contributed by atoms with Gasteiger partial charge in [-0.2, -0.15) is 0 Å². The van der Waals surface area contributed by atoms with Crippen LogP contribution in [-0.2, 0) is 0 Å². The van der Waals surface area contributed by atoms with Crippen LogP contribution in [0.2, 0.25) is 10.3 Å². The lowest BCUT2D eigenvalue weighted by atomic mass is 10.0. The molecule has 1 aliphatic heterocycles. The molecule has 0 saturated carbocycles. The SMILES string of the molecule is CN=CC1CC(c2nc(Cl)c(Oc3ccccc3OC)c(Cl)n2)=CC=N1. The molecular formula is C18H16Cl2N4O2. The molecule has 1 aliphatic rings. The second-order valence-electron chi connectivity index (χ2n) is 5.38. The molecular weight excluding hydrogens is 375 g/mol. The molecule has 2 aromatic rings. The van der Waals surface area contributed by atoms with E-state index in [2.05, 4.69) is 20.0 Å². The molecule has 0 radical (unpaired) electrons. The van der Waals surface area contributed by atoms with Crippen molar-refractivity contribution >= 4 is 41.2 Å². The van der Waals surface area contributed by atoms with Crippen molar-refractivity contribution in [3.8, 4) is 17.2 Å². The summed E-state index contributed by atoms with van der Waals surface area (Å²) in [6.07, 6.45) is 5.93. The normalized spacial score (nSPS) is 16.6. The molecule has 0 saturated heterocycles. The Morgan fingerprint density at radius 3 is 2.50 bits per heavy atom. The third-order valence-corrected chi connectivity index (χ3v) is 4.17. The number of aliphatic imine (C=N–C) groups is 2. The van der Waals surface area contributed by atoms with Crippen molar-refractivity contribution in [2.45, 2.75) is 12.5 Å². The van der Waals surface area contributed by atoms with E-state index in [0.717, 1.165) is 5.57 Å². The lowest BCUT2D eigenvalue weighted by Gasteiger charge is -2.15. The van der Waals surface area contributed by atoms with Gasteiger partial charge in [0.05, 0.1) is 13.2 Å². The minimum atomic E-state index is -0.0503. The minimum Gasteiger partial charge on any atom is -0.493 e. The Morgan fingerprint density at radius 1 is 1.15 bits per heavy atom. The van der Waals surface area contributed by atoms with Gasteiger partial charge in [-0.05, 0) is 18.2 Å². The Labute approximate surface area is 161 Å². The second-order valence-corrected chi connectivity index (χ2v) is 6.10. The Bertz CT molecular complexity index is 874. The van der Waals surface area contributed by atoms with E-state index >= 15 is 0 Å². The first-order valence-corrected chi connectivity index (χ1v) is 8.57. The van der Waals surface area contributed by atoms with Crippen molar-refractivity contribution in [2.75, 3.05) is 14.2 Å². The van der Waals surface area contributed by atoms with Crippen LogP contribution in [0.3, 0.4) is 0 Å². The average Bonchev–Trinajstić information content (AvgIpc) is 2.65. The molecule has 1 aromatic carbocycles. The fourth-order valence-corrected chi connectivity index (χ4v) is 2.92. The first-order chi connectivity index (χ1) is 12.6. The van der Waals surface area contributed by atoms with E-state index in [-0.39, 0.29) is 22.1 Å². The number of nitrogens with zero attached hydrogens (tertiary/aromatic N) is 4. The Balaban J connectivity index is 1.90. The molecule has 3 rings (SSSR count). The summed E-state index contributed by atoms with van der Waals surface area (Å²) in [5.41, 5.74) is 0.873. The zero-order valence-corrected chi connectivity index (χ0v) is 15.7. The number of halogens is 2. The number of aromatic nitrogens is 2. The maximum Gasteiger partial charge on any atom is 0.202 e. The van der Waals surface area contributed by atoms with Gasteiger partial charge >= 0.3 is 0 Å². The fourth-order valence-electron chi connectivity index (χ4n) is 2.46. The van der Waals surface area contributed by atoms with Crippen LogP contribution in [0, 0.1) is 0 Å². The summed E-state index contributed by atoms with van der Waals surface area (Å²) in [5, 5.41) is 0.241. The number of allylic oxidation sites excluding steroid dienone is 1. The number of dihydropyridines is 1. The van der Waals surface area contributed by atoms with Crippen LogP contribution < -0.4 is 9.47 Å². The van der Waals surface area contributed by atoms with Crippen molar-refractivity contribution in [3.05, 3.63) is 46.5 Å². The van der Waals surface area contributed by atoms with Crippen LogP contribution in [0.1, 0.15) is 12.2 Å². The van der Waals surface area contributed by atoms with E-state index in [9.17, 15) is 0 Å². The standard InChI is InChI=1S/C18H16Cl2N4O2/c1-21-10-12-9-11(7-8-22-12)18-23-16(19)15(17(20)24-18)26-14-6-4-3-5-13(14)25-2/h3-8,10,12H,9H2,1-2H3. The highest BCUT2D eigenvalue weighted by molar-refractivity contribution is 6.35. The number of benzene rings is 1.